The molecule has 0 spiro atoms. The molecule has 0 atom stereocenters. The molecule has 41 heavy (non-hydrogen) atoms. The number of carbonyl (C=O) groups is 1. The molecule has 0 aliphatic carbocycles. The molecular formula is C33H37IrN4O2S-. The molecule has 6 nitrogen and oxygen atoms in total. The topological polar surface area (TPSA) is 90.1 Å². The van der Waals surface area contributed by atoms with Crippen LogP contribution in [0.2, 0.25) is 0 Å². The van der Waals surface area contributed by atoms with Crippen LogP contribution in [-0.4, -0.2) is 26.0 Å². The second-order valence-corrected chi connectivity index (χ2v) is 13.3. The molecule has 5 aromatic rings. The van der Waals surface area contributed by atoms with Crippen molar-refractivity contribution in [2.45, 2.75) is 62.3 Å². The number of aromatic nitrogens is 4. The van der Waals surface area contributed by atoms with E-state index in [0.717, 1.165) is 37.5 Å². The summed E-state index contributed by atoms with van der Waals surface area (Å²) in [7, 11) is 0. The van der Waals surface area contributed by atoms with Gasteiger partial charge in [-0.2, -0.15) is 0 Å². The van der Waals surface area contributed by atoms with Gasteiger partial charge in [-0.25, -0.2) is 4.98 Å². The molecule has 3 heterocycles. The standard InChI is InChI=1S/C22H17N4S.C11H20O2.Ir/c1-12-10-13(2)18(14(3)11-12)22-24-17-8-9-23-20(21(17)27-22)19-15-6-4-5-7-16(15)25-26-19;1-10(2,3)8(12)7-9(13)11(4,5)6;/h4-11H,1-3H3;7,12H,1-6H3;/q-1;;/b;8-7-;. The minimum atomic E-state index is -0.417. The molecule has 5 rings (SSSR count). The molecule has 0 aliphatic rings. The maximum absolute atomic E-state index is 11.5. The normalized spacial score (nSPS) is 12.2. The van der Waals surface area contributed by atoms with Crippen LogP contribution in [0.5, 0.6) is 0 Å². The summed E-state index contributed by atoms with van der Waals surface area (Å²) in [4.78, 5) is 21.0. The van der Waals surface area contributed by atoms with Gasteiger partial charge in [-0.05, 0) is 49.4 Å². The number of allylic oxidation sites excluding steroid dienone is 2. The van der Waals surface area contributed by atoms with Crippen LogP contribution in [-0.2, 0) is 24.9 Å². The average Bonchev–Trinajstić information content (AvgIpc) is 3.47. The fourth-order valence-electron chi connectivity index (χ4n) is 4.30. The maximum atomic E-state index is 11.5. The van der Waals surface area contributed by atoms with Crippen LogP contribution in [0.25, 0.3) is 43.1 Å². The number of thiazole rings is 1. The Morgan fingerprint density at radius 2 is 1.56 bits per heavy atom. The number of carbonyl (C=O) groups excluding carboxylic acids is 1. The molecule has 217 valence electrons. The number of pyridine rings is 1. The number of fused-ring (bicyclic) bond motifs is 2. The van der Waals surface area contributed by atoms with Crippen LogP contribution in [0, 0.1) is 31.6 Å². The van der Waals surface area contributed by atoms with Crippen molar-refractivity contribution in [1.29, 1.82) is 0 Å². The van der Waals surface area contributed by atoms with Crippen molar-refractivity contribution in [3.63, 3.8) is 0 Å². The van der Waals surface area contributed by atoms with Gasteiger partial charge in [-0.15, -0.1) is 11.3 Å². The van der Waals surface area contributed by atoms with Crippen LogP contribution >= 0.6 is 11.3 Å². The van der Waals surface area contributed by atoms with Crippen molar-refractivity contribution in [3.8, 4) is 22.0 Å². The predicted octanol–water partition coefficient (Wildman–Crippen LogP) is 8.54. The monoisotopic (exact) mass is 746 g/mol. The Bertz CT molecular complexity index is 1710. The van der Waals surface area contributed by atoms with Crippen LogP contribution in [0.3, 0.4) is 0 Å². The van der Waals surface area contributed by atoms with E-state index in [1.54, 1.807) is 17.5 Å². The van der Waals surface area contributed by atoms with Gasteiger partial charge in [0.05, 0.1) is 15.9 Å². The van der Waals surface area contributed by atoms with E-state index in [-0.39, 0.29) is 37.1 Å². The SMILES string of the molecule is CC(C)(C)C(=O)/C=C(\O)C(C)(C)C.Cc1cc(C)c(-c2nc3ccnc(-c4[n-]nc5ccccc45)c3s2)c(C)c1.[Ir]. The van der Waals surface area contributed by atoms with Crippen LogP contribution in [0.15, 0.2) is 60.5 Å². The molecule has 1 radical (unpaired) electrons. The number of benzene rings is 2. The molecule has 0 amide bonds. The molecule has 0 saturated carbocycles. The molecule has 3 aromatic heterocycles. The Morgan fingerprint density at radius 1 is 0.927 bits per heavy atom. The number of aliphatic hydroxyl groups excluding tert-OH is 1. The smallest absolute Gasteiger partial charge is 0.164 e. The van der Waals surface area contributed by atoms with Gasteiger partial charge in [-0.1, -0.05) is 83.1 Å². The van der Waals surface area contributed by atoms with Gasteiger partial charge in [0.1, 0.15) is 10.8 Å². The molecule has 2 aromatic carbocycles. The fraction of sp³-hybridized carbons (Fsp3) is 0.333. The quantitative estimate of drug-likeness (QED) is 0.147. The molecular weight excluding hydrogens is 709 g/mol. The van der Waals surface area contributed by atoms with Gasteiger partial charge in [0.15, 0.2) is 5.78 Å². The molecule has 8 heteroatoms. The van der Waals surface area contributed by atoms with Gasteiger partial charge >= 0.3 is 0 Å². The summed E-state index contributed by atoms with van der Waals surface area (Å²) in [6, 6.07) is 14.4. The van der Waals surface area contributed by atoms with E-state index < -0.39 is 5.41 Å². The Balaban J connectivity index is 0.000000284. The van der Waals surface area contributed by atoms with E-state index >= 15 is 0 Å². The maximum Gasteiger partial charge on any atom is 0.164 e. The summed E-state index contributed by atoms with van der Waals surface area (Å²) in [5, 5.41) is 20.3. The second kappa shape index (κ2) is 12.4. The Hall–Kier alpha value is -3.19. The van der Waals surface area contributed by atoms with E-state index in [1.165, 1.54) is 28.3 Å². The average molecular weight is 746 g/mol. The van der Waals surface area contributed by atoms with Gasteiger partial charge in [0.25, 0.3) is 0 Å². The fourth-order valence-corrected chi connectivity index (χ4v) is 5.53. The first kappa shape index (κ1) is 32.3. The summed E-state index contributed by atoms with van der Waals surface area (Å²) in [5.74, 6) is 0.104. The van der Waals surface area contributed by atoms with Crippen molar-refractivity contribution in [2.24, 2.45) is 10.8 Å². The number of rotatable bonds is 3. The van der Waals surface area contributed by atoms with Crippen molar-refractivity contribution in [3.05, 3.63) is 77.2 Å². The minimum Gasteiger partial charge on any atom is -0.573 e. The van der Waals surface area contributed by atoms with E-state index in [1.807, 2.05) is 71.9 Å². The molecule has 1 N–H and O–H groups in total. The molecule has 0 aliphatic heterocycles. The number of aryl methyl sites for hydroxylation is 3. The van der Waals surface area contributed by atoms with Crippen molar-refractivity contribution < 1.29 is 30.0 Å². The first-order chi connectivity index (χ1) is 18.7. The van der Waals surface area contributed by atoms with Crippen LogP contribution in [0.4, 0.5) is 0 Å². The van der Waals surface area contributed by atoms with E-state index in [2.05, 4.69) is 48.1 Å². The zero-order valence-electron chi connectivity index (χ0n) is 25.1. The molecule has 0 saturated heterocycles. The summed E-state index contributed by atoms with van der Waals surface area (Å²) < 4.78 is 1.05. The van der Waals surface area contributed by atoms with E-state index in [4.69, 9.17) is 4.98 Å². The van der Waals surface area contributed by atoms with Gasteiger partial charge in [0, 0.05) is 54.3 Å². The summed E-state index contributed by atoms with van der Waals surface area (Å²) in [6.45, 7) is 17.5. The number of hydrogen-bond acceptors (Lipinski definition) is 6. The predicted molar refractivity (Wildman–Crippen MR) is 166 cm³/mol. The number of nitrogens with zero attached hydrogens (tertiary/aromatic N) is 4. The zero-order valence-corrected chi connectivity index (χ0v) is 28.3. The third-order valence-electron chi connectivity index (χ3n) is 6.61. The van der Waals surface area contributed by atoms with Gasteiger partial charge in [0.2, 0.25) is 0 Å². The van der Waals surface area contributed by atoms with Gasteiger partial charge in [-0.3, -0.25) is 9.78 Å². The summed E-state index contributed by atoms with van der Waals surface area (Å²) in [5.41, 5.74) is 7.74. The first-order valence-electron chi connectivity index (χ1n) is 13.3. The number of hydrogen-bond donors (Lipinski definition) is 1. The minimum absolute atomic E-state index is 0. The Labute approximate surface area is 259 Å². The third kappa shape index (κ3) is 7.18. The summed E-state index contributed by atoms with van der Waals surface area (Å²) >= 11 is 1.68. The number of ketones is 1. The molecule has 0 fully saturated rings. The molecule has 0 bridgehead atoms. The Kier molecular flexibility index (Phi) is 9.74. The summed E-state index contributed by atoms with van der Waals surface area (Å²) in [6.07, 6.45) is 3.14. The third-order valence-corrected chi connectivity index (χ3v) is 7.71. The zero-order chi connectivity index (χ0) is 29.4. The molecule has 0 unspecified atom stereocenters. The van der Waals surface area contributed by atoms with Gasteiger partial charge < -0.3 is 15.3 Å². The van der Waals surface area contributed by atoms with Crippen molar-refractivity contribution >= 4 is 38.2 Å². The van der Waals surface area contributed by atoms with Crippen molar-refractivity contribution in [1.82, 2.24) is 20.2 Å². The van der Waals surface area contributed by atoms with Crippen molar-refractivity contribution in [2.75, 3.05) is 0 Å². The van der Waals surface area contributed by atoms with Crippen LogP contribution in [0.1, 0.15) is 58.2 Å². The Morgan fingerprint density at radius 3 is 2.17 bits per heavy atom. The first-order valence-corrected chi connectivity index (χ1v) is 14.2. The number of aliphatic hydroxyl groups is 1. The van der Waals surface area contributed by atoms with E-state index in [9.17, 15) is 9.90 Å². The van der Waals surface area contributed by atoms with Crippen LogP contribution < -0.4 is 5.10 Å². The second-order valence-electron chi connectivity index (χ2n) is 12.3. The largest absolute Gasteiger partial charge is 0.573 e. The van der Waals surface area contributed by atoms with E-state index in [0.29, 0.717) is 0 Å².